The maximum Gasteiger partial charge on any atom is 0.184 e. The van der Waals surface area contributed by atoms with E-state index in [9.17, 15) is 8.42 Å². The van der Waals surface area contributed by atoms with E-state index in [0.717, 1.165) is 17.9 Å². The number of hydrogen-bond donors (Lipinski definition) is 1. The van der Waals surface area contributed by atoms with E-state index in [0.29, 0.717) is 10.7 Å². The maximum atomic E-state index is 12.3. The number of halogens is 1. The third kappa shape index (κ3) is 3.95. The topological polar surface area (TPSA) is 59.1 Å². The van der Waals surface area contributed by atoms with Crippen molar-refractivity contribution >= 4 is 27.1 Å². The highest BCUT2D eigenvalue weighted by molar-refractivity contribution is 7.90. The second-order valence-corrected chi connectivity index (χ2v) is 7.10. The third-order valence-corrected chi connectivity index (χ3v) is 4.94. The zero-order valence-corrected chi connectivity index (χ0v) is 13.5. The van der Waals surface area contributed by atoms with Crippen LogP contribution in [0.4, 0.5) is 5.69 Å². The normalized spacial score (nSPS) is 11.4. The van der Waals surface area contributed by atoms with Gasteiger partial charge in [0.15, 0.2) is 9.84 Å². The minimum absolute atomic E-state index is 0.123. The van der Waals surface area contributed by atoms with Crippen LogP contribution < -0.4 is 5.32 Å². The van der Waals surface area contributed by atoms with Gasteiger partial charge in [-0.3, -0.25) is 4.98 Å². The number of aromatic nitrogens is 1. The number of benzene rings is 1. The maximum absolute atomic E-state index is 12.3. The SMILES string of the molecule is CCNc1ccc(CS(=O)(=O)c2ccc(Cl)cc2)nc1C. The van der Waals surface area contributed by atoms with Crippen molar-refractivity contribution in [3.63, 3.8) is 0 Å². The first-order valence-corrected chi connectivity index (χ1v) is 8.64. The van der Waals surface area contributed by atoms with Crippen molar-refractivity contribution in [1.29, 1.82) is 0 Å². The third-order valence-electron chi connectivity index (χ3n) is 3.02. The van der Waals surface area contributed by atoms with Crippen molar-refractivity contribution < 1.29 is 8.42 Å². The molecule has 1 N–H and O–H groups in total. The summed E-state index contributed by atoms with van der Waals surface area (Å²) in [7, 11) is -3.41. The molecule has 2 rings (SSSR count). The Morgan fingerprint density at radius 1 is 1.14 bits per heavy atom. The highest BCUT2D eigenvalue weighted by Crippen LogP contribution is 2.20. The molecule has 2 aromatic rings. The van der Waals surface area contributed by atoms with Gasteiger partial charge in [0.25, 0.3) is 0 Å². The number of anilines is 1. The molecule has 1 aromatic heterocycles. The number of rotatable bonds is 5. The van der Waals surface area contributed by atoms with Gasteiger partial charge >= 0.3 is 0 Å². The molecule has 0 spiro atoms. The molecule has 21 heavy (non-hydrogen) atoms. The number of hydrogen-bond acceptors (Lipinski definition) is 4. The van der Waals surface area contributed by atoms with Gasteiger partial charge in [-0.1, -0.05) is 11.6 Å². The van der Waals surface area contributed by atoms with Crippen LogP contribution in [-0.4, -0.2) is 19.9 Å². The lowest BCUT2D eigenvalue weighted by Gasteiger charge is -2.09. The predicted molar refractivity (Wildman–Crippen MR) is 85.5 cm³/mol. The van der Waals surface area contributed by atoms with E-state index in [-0.39, 0.29) is 10.6 Å². The number of pyridine rings is 1. The Morgan fingerprint density at radius 2 is 1.81 bits per heavy atom. The van der Waals surface area contributed by atoms with E-state index in [2.05, 4.69) is 10.3 Å². The quantitative estimate of drug-likeness (QED) is 0.915. The minimum atomic E-state index is -3.41. The van der Waals surface area contributed by atoms with E-state index in [1.807, 2.05) is 19.9 Å². The summed E-state index contributed by atoms with van der Waals surface area (Å²) < 4.78 is 24.7. The zero-order chi connectivity index (χ0) is 15.5. The molecule has 0 saturated carbocycles. The molecule has 0 atom stereocenters. The van der Waals surface area contributed by atoms with E-state index in [4.69, 9.17) is 11.6 Å². The zero-order valence-electron chi connectivity index (χ0n) is 11.9. The Morgan fingerprint density at radius 3 is 2.38 bits per heavy atom. The van der Waals surface area contributed by atoms with Gasteiger partial charge in [0.05, 0.1) is 27.7 Å². The number of aryl methyl sites for hydroxylation is 1. The summed E-state index contributed by atoms with van der Waals surface area (Å²) in [5.41, 5.74) is 2.25. The second kappa shape index (κ2) is 6.45. The average Bonchev–Trinajstić information content (AvgIpc) is 2.42. The molecule has 1 heterocycles. The Hall–Kier alpha value is -1.59. The van der Waals surface area contributed by atoms with Crippen LogP contribution in [-0.2, 0) is 15.6 Å². The fourth-order valence-electron chi connectivity index (χ4n) is 1.99. The largest absolute Gasteiger partial charge is 0.384 e. The summed E-state index contributed by atoms with van der Waals surface area (Å²) in [4.78, 5) is 4.60. The summed E-state index contributed by atoms with van der Waals surface area (Å²) in [5, 5.41) is 3.69. The summed E-state index contributed by atoms with van der Waals surface area (Å²) in [5.74, 6) is -0.123. The van der Waals surface area contributed by atoms with Gasteiger partial charge in [0, 0.05) is 11.6 Å². The van der Waals surface area contributed by atoms with E-state index in [1.165, 1.54) is 12.1 Å². The Bertz CT molecular complexity index is 728. The Labute approximate surface area is 130 Å². The fourth-order valence-corrected chi connectivity index (χ4v) is 3.38. The molecule has 4 nitrogen and oxygen atoms in total. The van der Waals surface area contributed by atoms with Gasteiger partial charge in [-0.2, -0.15) is 0 Å². The van der Waals surface area contributed by atoms with E-state index >= 15 is 0 Å². The highest BCUT2D eigenvalue weighted by atomic mass is 35.5. The lowest BCUT2D eigenvalue weighted by atomic mass is 10.3. The number of nitrogens with zero attached hydrogens (tertiary/aromatic N) is 1. The molecule has 0 bridgehead atoms. The smallest absolute Gasteiger partial charge is 0.184 e. The lowest BCUT2D eigenvalue weighted by molar-refractivity contribution is 0.594. The molecule has 112 valence electrons. The minimum Gasteiger partial charge on any atom is -0.384 e. The monoisotopic (exact) mass is 324 g/mol. The van der Waals surface area contributed by atoms with Gasteiger partial charge < -0.3 is 5.32 Å². The van der Waals surface area contributed by atoms with Crippen molar-refractivity contribution in [3.05, 3.63) is 52.8 Å². The van der Waals surface area contributed by atoms with Gasteiger partial charge in [-0.25, -0.2) is 8.42 Å². The molecule has 0 aliphatic heterocycles. The van der Waals surface area contributed by atoms with Gasteiger partial charge in [0.1, 0.15) is 0 Å². The average molecular weight is 325 g/mol. The molecular weight excluding hydrogens is 308 g/mol. The summed E-state index contributed by atoms with van der Waals surface area (Å²) in [6.07, 6.45) is 0. The predicted octanol–water partition coefficient (Wildman–Crippen LogP) is 3.45. The molecule has 0 radical (unpaired) electrons. The van der Waals surface area contributed by atoms with Crippen molar-refractivity contribution in [2.24, 2.45) is 0 Å². The van der Waals surface area contributed by atoms with Crippen molar-refractivity contribution in [2.45, 2.75) is 24.5 Å². The number of sulfone groups is 1. The molecule has 1 aromatic carbocycles. The fraction of sp³-hybridized carbons (Fsp3) is 0.267. The number of nitrogens with one attached hydrogen (secondary N) is 1. The lowest BCUT2D eigenvalue weighted by Crippen LogP contribution is -2.08. The molecule has 0 aliphatic carbocycles. The Balaban J connectivity index is 2.24. The van der Waals surface area contributed by atoms with Crippen molar-refractivity contribution in [1.82, 2.24) is 4.98 Å². The van der Waals surface area contributed by atoms with Crippen LogP contribution in [0.15, 0.2) is 41.3 Å². The van der Waals surface area contributed by atoms with Gasteiger partial charge in [-0.15, -0.1) is 0 Å². The van der Waals surface area contributed by atoms with Crippen LogP contribution in [0.25, 0.3) is 0 Å². The molecule has 0 unspecified atom stereocenters. The van der Waals surface area contributed by atoms with Crippen LogP contribution in [0.1, 0.15) is 18.3 Å². The molecule has 0 fully saturated rings. The summed E-state index contributed by atoms with van der Waals surface area (Å²) >= 11 is 5.78. The highest BCUT2D eigenvalue weighted by Gasteiger charge is 2.16. The molecule has 0 aliphatic rings. The molecule has 0 amide bonds. The first-order valence-electron chi connectivity index (χ1n) is 6.61. The first kappa shape index (κ1) is 15.8. The standard InChI is InChI=1S/C15H17ClN2O2S/c1-3-17-15-9-6-13(18-11(15)2)10-21(19,20)14-7-4-12(16)5-8-14/h4-9,17H,3,10H2,1-2H3. The van der Waals surface area contributed by atoms with Gasteiger partial charge in [-0.05, 0) is 50.2 Å². The summed E-state index contributed by atoms with van der Waals surface area (Å²) in [6.45, 7) is 4.65. The summed E-state index contributed by atoms with van der Waals surface area (Å²) in [6, 6.07) is 9.76. The van der Waals surface area contributed by atoms with Crippen LogP contribution in [0.2, 0.25) is 5.02 Å². The van der Waals surface area contributed by atoms with E-state index < -0.39 is 9.84 Å². The van der Waals surface area contributed by atoms with Crippen molar-refractivity contribution in [3.8, 4) is 0 Å². The molecule has 6 heteroatoms. The van der Waals surface area contributed by atoms with Crippen LogP contribution in [0, 0.1) is 6.92 Å². The molecule has 0 saturated heterocycles. The van der Waals surface area contributed by atoms with Crippen LogP contribution in [0.5, 0.6) is 0 Å². The molecular formula is C15H17ClN2O2S. The van der Waals surface area contributed by atoms with E-state index in [1.54, 1.807) is 18.2 Å². The van der Waals surface area contributed by atoms with Crippen LogP contribution in [0.3, 0.4) is 0 Å². The van der Waals surface area contributed by atoms with Crippen LogP contribution >= 0.6 is 11.6 Å². The first-order chi connectivity index (χ1) is 9.92. The van der Waals surface area contributed by atoms with Gasteiger partial charge in [0.2, 0.25) is 0 Å². The Kier molecular flexibility index (Phi) is 4.85. The van der Waals surface area contributed by atoms with Crippen molar-refractivity contribution in [2.75, 3.05) is 11.9 Å². The second-order valence-electron chi connectivity index (χ2n) is 4.68.